The number of nitrogens with one attached hydrogen (secondary N) is 1. The van der Waals surface area contributed by atoms with E-state index in [4.69, 9.17) is 0 Å². The molecule has 0 saturated carbocycles. The van der Waals surface area contributed by atoms with Crippen molar-refractivity contribution >= 4 is 5.91 Å². The van der Waals surface area contributed by atoms with Gasteiger partial charge >= 0.3 is 0 Å². The summed E-state index contributed by atoms with van der Waals surface area (Å²) in [5.41, 5.74) is 1.20. The lowest BCUT2D eigenvalue weighted by atomic mass is 10.1. The van der Waals surface area contributed by atoms with Crippen molar-refractivity contribution in [1.82, 2.24) is 10.2 Å². The molecule has 2 rings (SSSR count). The molecule has 0 unspecified atom stereocenters. The maximum atomic E-state index is 12.2. The van der Waals surface area contributed by atoms with Crippen LogP contribution >= 0.6 is 0 Å². The van der Waals surface area contributed by atoms with Crippen molar-refractivity contribution in [3.05, 3.63) is 35.9 Å². The zero-order chi connectivity index (χ0) is 12.1. The first-order valence-corrected chi connectivity index (χ1v) is 6.37. The van der Waals surface area contributed by atoms with E-state index >= 15 is 0 Å². The molecule has 0 bridgehead atoms. The highest BCUT2D eigenvalue weighted by atomic mass is 16.2. The molecule has 1 heterocycles. The number of rotatable bonds is 4. The molecule has 1 atom stereocenters. The third-order valence-corrected chi connectivity index (χ3v) is 3.27. The van der Waals surface area contributed by atoms with Crippen LogP contribution < -0.4 is 5.32 Å². The minimum atomic E-state index is 0.0404. The Morgan fingerprint density at radius 3 is 2.76 bits per heavy atom. The predicted octanol–water partition coefficient (Wildman–Crippen LogP) is 1.79. The van der Waals surface area contributed by atoms with Gasteiger partial charge in [-0.05, 0) is 31.9 Å². The molecule has 1 aliphatic heterocycles. The number of benzene rings is 1. The second-order valence-electron chi connectivity index (χ2n) is 4.49. The van der Waals surface area contributed by atoms with Gasteiger partial charge in [0.15, 0.2) is 0 Å². The molecule has 1 aromatic rings. The van der Waals surface area contributed by atoms with Crippen LogP contribution in [0.1, 0.15) is 25.3 Å². The van der Waals surface area contributed by atoms with Gasteiger partial charge in [-0.25, -0.2) is 0 Å². The van der Waals surface area contributed by atoms with Gasteiger partial charge in [0, 0.05) is 13.1 Å². The molecule has 3 nitrogen and oxygen atoms in total. The smallest absolute Gasteiger partial charge is 0.239 e. The standard InChI is InChI=1S/C14H20N2O/c1-2-16(11-12-7-4-3-5-8-12)14(17)13-9-6-10-15-13/h3-5,7-8,13,15H,2,6,9-11H2,1H3/t13-/m1/s1. The van der Waals surface area contributed by atoms with Gasteiger partial charge in [-0.15, -0.1) is 0 Å². The summed E-state index contributed by atoms with van der Waals surface area (Å²) in [6.45, 7) is 4.50. The van der Waals surface area contributed by atoms with Crippen LogP contribution in [0.4, 0.5) is 0 Å². The Labute approximate surface area is 103 Å². The fraction of sp³-hybridized carbons (Fsp3) is 0.500. The molecule has 0 aliphatic carbocycles. The van der Waals surface area contributed by atoms with Crippen LogP contribution in [0.3, 0.4) is 0 Å². The van der Waals surface area contributed by atoms with Crippen molar-refractivity contribution in [2.75, 3.05) is 13.1 Å². The van der Waals surface area contributed by atoms with Gasteiger partial charge in [-0.3, -0.25) is 4.79 Å². The summed E-state index contributed by atoms with van der Waals surface area (Å²) in [6, 6.07) is 10.2. The monoisotopic (exact) mass is 232 g/mol. The highest BCUT2D eigenvalue weighted by Gasteiger charge is 2.25. The van der Waals surface area contributed by atoms with Gasteiger partial charge in [0.2, 0.25) is 5.91 Å². The molecule has 1 saturated heterocycles. The maximum absolute atomic E-state index is 12.2. The average molecular weight is 232 g/mol. The summed E-state index contributed by atoms with van der Waals surface area (Å²) < 4.78 is 0. The Hall–Kier alpha value is -1.35. The highest BCUT2D eigenvalue weighted by Crippen LogP contribution is 2.11. The molecular formula is C14H20N2O. The third kappa shape index (κ3) is 3.07. The predicted molar refractivity (Wildman–Crippen MR) is 68.6 cm³/mol. The summed E-state index contributed by atoms with van der Waals surface area (Å²) in [4.78, 5) is 14.2. The second-order valence-corrected chi connectivity index (χ2v) is 4.49. The lowest BCUT2D eigenvalue weighted by Crippen LogP contribution is -2.43. The van der Waals surface area contributed by atoms with Gasteiger partial charge in [0.05, 0.1) is 6.04 Å². The summed E-state index contributed by atoms with van der Waals surface area (Å²) in [6.07, 6.45) is 2.09. The minimum Gasteiger partial charge on any atom is -0.337 e. The molecule has 1 amide bonds. The zero-order valence-electron chi connectivity index (χ0n) is 10.4. The summed E-state index contributed by atoms with van der Waals surface area (Å²) >= 11 is 0. The molecule has 1 aromatic carbocycles. The lowest BCUT2D eigenvalue weighted by Gasteiger charge is -2.24. The van der Waals surface area contributed by atoms with Crippen molar-refractivity contribution in [3.63, 3.8) is 0 Å². The van der Waals surface area contributed by atoms with Crippen molar-refractivity contribution in [3.8, 4) is 0 Å². The van der Waals surface area contributed by atoms with Crippen LogP contribution in [0.15, 0.2) is 30.3 Å². The normalized spacial score (nSPS) is 19.2. The number of carbonyl (C=O) groups is 1. The number of nitrogens with zero attached hydrogens (tertiary/aromatic N) is 1. The van der Waals surface area contributed by atoms with Crippen LogP contribution in [0.25, 0.3) is 0 Å². The second kappa shape index (κ2) is 5.82. The highest BCUT2D eigenvalue weighted by molar-refractivity contribution is 5.82. The molecule has 17 heavy (non-hydrogen) atoms. The van der Waals surface area contributed by atoms with Gasteiger partial charge in [0.1, 0.15) is 0 Å². The number of hydrogen-bond donors (Lipinski definition) is 1. The van der Waals surface area contributed by atoms with E-state index in [2.05, 4.69) is 17.4 Å². The van der Waals surface area contributed by atoms with Crippen molar-refractivity contribution < 1.29 is 4.79 Å². The minimum absolute atomic E-state index is 0.0404. The van der Waals surface area contributed by atoms with Gasteiger partial charge in [0.25, 0.3) is 0 Å². The fourth-order valence-electron chi connectivity index (χ4n) is 2.27. The first-order chi connectivity index (χ1) is 8.31. The Morgan fingerprint density at radius 2 is 2.18 bits per heavy atom. The van der Waals surface area contributed by atoms with E-state index in [0.29, 0.717) is 6.54 Å². The Kier molecular flexibility index (Phi) is 4.15. The van der Waals surface area contributed by atoms with Crippen molar-refractivity contribution in [1.29, 1.82) is 0 Å². The topological polar surface area (TPSA) is 32.3 Å². The summed E-state index contributed by atoms with van der Waals surface area (Å²) in [5.74, 6) is 0.244. The fourth-order valence-corrected chi connectivity index (χ4v) is 2.27. The molecule has 1 fully saturated rings. The molecule has 1 aliphatic rings. The first kappa shape index (κ1) is 12.1. The molecule has 0 radical (unpaired) electrons. The number of likely N-dealkylation sites (N-methyl/N-ethyl adjacent to an activating group) is 1. The molecule has 3 heteroatoms. The number of amides is 1. The molecule has 1 N–H and O–H groups in total. The molecule has 0 spiro atoms. The van der Waals surface area contributed by atoms with Crippen LogP contribution in [0.5, 0.6) is 0 Å². The van der Waals surface area contributed by atoms with Crippen molar-refractivity contribution in [2.45, 2.75) is 32.4 Å². The van der Waals surface area contributed by atoms with E-state index in [1.165, 1.54) is 5.56 Å². The maximum Gasteiger partial charge on any atom is 0.239 e. The third-order valence-electron chi connectivity index (χ3n) is 3.27. The van der Waals surface area contributed by atoms with E-state index in [1.807, 2.05) is 30.0 Å². The summed E-state index contributed by atoms with van der Waals surface area (Å²) in [7, 11) is 0. The summed E-state index contributed by atoms with van der Waals surface area (Å²) in [5, 5.41) is 3.27. The van der Waals surface area contributed by atoms with Crippen LogP contribution in [-0.2, 0) is 11.3 Å². The largest absolute Gasteiger partial charge is 0.337 e. The SMILES string of the molecule is CCN(Cc1ccccc1)C(=O)[C@H]1CCCN1. The average Bonchev–Trinajstić information content (AvgIpc) is 2.90. The van der Waals surface area contributed by atoms with Crippen LogP contribution in [0.2, 0.25) is 0 Å². The van der Waals surface area contributed by atoms with Crippen LogP contribution in [0, 0.1) is 0 Å². The van der Waals surface area contributed by atoms with Crippen molar-refractivity contribution in [2.24, 2.45) is 0 Å². The van der Waals surface area contributed by atoms with E-state index < -0.39 is 0 Å². The molecular weight excluding hydrogens is 212 g/mol. The Balaban J connectivity index is 1.98. The Bertz CT molecular complexity index is 358. The lowest BCUT2D eigenvalue weighted by molar-refractivity contribution is -0.133. The Morgan fingerprint density at radius 1 is 1.41 bits per heavy atom. The van der Waals surface area contributed by atoms with Gasteiger partial charge < -0.3 is 10.2 Å². The van der Waals surface area contributed by atoms with E-state index in [-0.39, 0.29) is 11.9 Å². The van der Waals surface area contributed by atoms with Gasteiger partial charge in [-0.2, -0.15) is 0 Å². The van der Waals surface area contributed by atoms with E-state index in [1.54, 1.807) is 0 Å². The zero-order valence-corrected chi connectivity index (χ0v) is 10.4. The number of hydrogen-bond acceptors (Lipinski definition) is 2. The molecule has 92 valence electrons. The van der Waals surface area contributed by atoms with E-state index in [9.17, 15) is 4.79 Å². The van der Waals surface area contributed by atoms with Crippen LogP contribution in [-0.4, -0.2) is 29.9 Å². The van der Waals surface area contributed by atoms with E-state index in [0.717, 1.165) is 25.9 Å². The molecule has 0 aromatic heterocycles. The number of carbonyl (C=O) groups excluding carboxylic acids is 1. The van der Waals surface area contributed by atoms with Gasteiger partial charge in [-0.1, -0.05) is 30.3 Å². The first-order valence-electron chi connectivity index (χ1n) is 6.37. The quantitative estimate of drug-likeness (QED) is 0.858.